The molecule has 2 N–H and O–H groups in total. The average molecular weight is 611 g/mol. The molecule has 0 unspecified atom stereocenters. The molecule has 3 amide bonds. The van der Waals surface area contributed by atoms with Gasteiger partial charge in [-0.05, 0) is 88.0 Å². The van der Waals surface area contributed by atoms with Gasteiger partial charge in [0.2, 0.25) is 11.8 Å². The van der Waals surface area contributed by atoms with E-state index in [1.165, 1.54) is 0 Å². The standard InChI is InChI=1S/C30H42FN5O2.C4H9NO/c1-6-14-33(15-7-2)29(38)28-27-20(3)8-10-25(27)36(32-28)18-26(37)35-17-16-34(19-30(35)12-13-30)24-11-9-23(31)21(4)22(24)5;1-2-3-4(5)6/h9,11,20H,6-8,10,12-19H2,1-5H3;2-3H2,1H3,(H2,5,6)/t20-;/m0./s1. The molecule has 9 nitrogen and oxygen atoms in total. The van der Waals surface area contributed by atoms with E-state index in [2.05, 4.69) is 30.6 Å². The van der Waals surface area contributed by atoms with Gasteiger partial charge in [-0.1, -0.05) is 27.7 Å². The molecule has 2 aromatic rings. The maximum Gasteiger partial charge on any atom is 0.274 e. The highest BCUT2D eigenvalue weighted by Gasteiger charge is 2.53. The highest BCUT2D eigenvalue weighted by atomic mass is 19.1. The number of halogens is 1. The first-order valence-corrected chi connectivity index (χ1v) is 16.5. The number of hydrogen-bond acceptors (Lipinski definition) is 5. The second-order valence-electron chi connectivity index (χ2n) is 12.8. The fourth-order valence-electron chi connectivity index (χ4n) is 6.80. The van der Waals surface area contributed by atoms with Crippen LogP contribution in [-0.2, 0) is 22.6 Å². The second-order valence-corrected chi connectivity index (χ2v) is 12.8. The van der Waals surface area contributed by atoms with Gasteiger partial charge in [-0.2, -0.15) is 5.10 Å². The molecule has 10 heteroatoms. The minimum Gasteiger partial charge on any atom is -0.370 e. The molecule has 0 radical (unpaired) electrons. The molecular weight excluding hydrogens is 559 g/mol. The Hall–Kier alpha value is -3.43. The average Bonchev–Trinajstić information content (AvgIpc) is 3.48. The maximum absolute atomic E-state index is 14.1. The van der Waals surface area contributed by atoms with E-state index in [-0.39, 0.29) is 41.5 Å². The van der Waals surface area contributed by atoms with Crippen molar-refractivity contribution in [3.63, 3.8) is 0 Å². The summed E-state index contributed by atoms with van der Waals surface area (Å²) in [6, 6.07) is 3.42. The van der Waals surface area contributed by atoms with Crippen molar-refractivity contribution in [2.45, 2.75) is 111 Å². The number of hydrogen-bond donors (Lipinski definition) is 1. The quantitative estimate of drug-likeness (QED) is 0.403. The first kappa shape index (κ1) is 33.5. The molecule has 44 heavy (non-hydrogen) atoms. The van der Waals surface area contributed by atoms with Gasteiger partial charge in [-0.25, -0.2) is 4.39 Å². The summed E-state index contributed by atoms with van der Waals surface area (Å²) in [7, 11) is 0. The van der Waals surface area contributed by atoms with E-state index >= 15 is 0 Å². The zero-order chi connectivity index (χ0) is 32.2. The lowest BCUT2D eigenvalue weighted by Gasteiger charge is -2.44. The van der Waals surface area contributed by atoms with Gasteiger partial charge in [0.25, 0.3) is 5.91 Å². The Morgan fingerprint density at radius 2 is 1.73 bits per heavy atom. The van der Waals surface area contributed by atoms with E-state index in [1.807, 2.05) is 36.4 Å². The number of carbonyl (C=O) groups is 3. The molecule has 2 heterocycles. The fourth-order valence-corrected chi connectivity index (χ4v) is 6.80. The Bertz CT molecular complexity index is 1360. The monoisotopic (exact) mass is 610 g/mol. The lowest BCUT2D eigenvalue weighted by molar-refractivity contribution is -0.135. The zero-order valence-corrected chi connectivity index (χ0v) is 27.5. The van der Waals surface area contributed by atoms with Crippen molar-refractivity contribution in [2.75, 3.05) is 37.6 Å². The lowest BCUT2D eigenvalue weighted by atomic mass is 10.0. The third-order valence-corrected chi connectivity index (χ3v) is 9.48. The van der Waals surface area contributed by atoms with Gasteiger partial charge in [0.1, 0.15) is 12.4 Å². The molecule has 1 saturated carbocycles. The van der Waals surface area contributed by atoms with Crippen LogP contribution in [0.25, 0.3) is 0 Å². The van der Waals surface area contributed by atoms with Gasteiger partial charge < -0.3 is 20.4 Å². The molecule has 1 saturated heterocycles. The first-order valence-electron chi connectivity index (χ1n) is 16.5. The van der Waals surface area contributed by atoms with Gasteiger partial charge in [0.05, 0.1) is 5.54 Å². The van der Waals surface area contributed by atoms with Crippen LogP contribution in [0.15, 0.2) is 12.1 Å². The van der Waals surface area contributed by atoms with Crippen molar-refractivity contribution in [1.29, 1.82) is 0 Å². The van der Waals surface area contributed by atoms with Crippen LogP contribution in [-0.4, -0.2) is 75.6 Å². The van der Waals surface area contributed by atoms with E-state index in [0.717, 1.165) is 93.6 Å². The number of primary amides is 1. The summed E-state index contributed by atoms with van der Waals surface area (Å²) in [5, 5.41) is 4.79. The van der Waals surface area contributed by atoms with E-state index < -0.39 is 0 Å². The van der Waals surface area contributed by atoms with Crippen LogP contribution in [0, 0.1) is 19.7 Å². The highest BCUT2D eigenvalue weighted by molar-refractivity contribution is 5.94. The maximum atomic E-state index is 14.1. The molecule has 5 rings (SSSR count). The van der Waals surface area contributed by atoms with Gasteiger partial charge in [0.15, 0.2) is 5.69 Å². The minimum absolute atomic E-state index is 0.00198. The Balaban J connectivity index is 0.000000670. The number of benzene rings is 1. The van der Waals surface area contributed by atoms with Gasteiger partial charge in [-0.3, -0.25) is 19.1 Å². The topological polar surface area (TPSA) is 105 Å². The highest BCUT2D eigenvalue weighted by Crippen LogP contribution is 2.46. The van der Waals surface area contributed by atoms with Crippen molar-refractivity contribution in [3.05, 3.63) is 46.0 Å². The molecule has 1 aromatic heterocycles. The number of fused-ring (bicyclic) bond motifs is 1. The van der Waals surface area contributed by atoms with Gasteiger partial charge in [0, 0.05) is 56.1 Å². The molecule has 3 aliphatic rings. The zero-order valence-electron chi connectivity index (χ0n) is 27.5. The third-order valence-electron chi connectivity index (χ3n) is 9.48. The smallest absolute Gasteiger partial charge is 0.274 e. The number of nitrogens with zero attached hydrogens (tertiary/aromatic N) is 5. The molecule has 1 spiro atoms. The first-order chi connectivity index (χ1) is 21.0. The van der Waals surface area contributed by atoms with Crippen molar-refractivity contribution in [1.82, 2.24) is 19.6 Å². The number of amides is 3. The molecule has 2 aliphatic carbocycles. The number of aromatic nitrogens is 2. The van der Waals surface area contributed by atoms with Crippen LogP contribution in [0.1, 0.15) is 111 Å². The summed E-state index contributed by atoms with van der Waals surface area (Å²) >= 11 is 0. The summed E-state index contributed by atoms with van der Waals surface area (Å²) in [6.45, 7) is 15.8. The molecule has 0 bridgehead atoms. The number of piperazine rings is 1. The van der Waals surface area contributed by atoms with Crippen molar-refractivity contribution in [2.24, 2.45) is 5.73 Å². The number of carbonyl (C=O) groups excluding carboxylic acids is 3. The number of anilines is 1. The fraction of sp³-hybridized carbons (Fsp3) is 0.647. The van der Waals surface area contributed by atoms with E-state index in [9.17, 15) is 18.8 Å². The van der Waals surface area contributed by atoms with Crippen LogP contribution < -0.4 is 10.6 Å². The van der Waals surface area contributed by atoms with Crippen molar-refractivity contribution < 1.29 is 18.8 Å². The lowest BCUT2D eigenvalue weighted by Crippen LogP contribution is -2.58. The molecule has 2 fully saturated rings. The Morgan fingerprint density at radius 3 is 2.30 bits per heavy atom. The predicted octanol–water partition coefficient (Wildman–Crippen LogP) is 5.10. The second kappa shape index (κ2) is 14.1. The van der Waals surface area contributed by atoms with Crippen molar-refractivity contribution >= 4 is 23.4 Å². The Morgan fingerprint density at radius 1 is 1.05 bits per heavy atom. The largest absolute Gasteiger partial charge is 0.370 e. The SMILES string of the molecule is CCCC(N)=O.CCCN(CCC)C(=O)c1nn(CC(=O)N2CCN(c3ccc(F)c(C)c3C)CC23CC3)c2c1[C@@H](C)CC2. The minimum atomic E-state index is -0.211. The molecule has 242 valence electrons. The molecule has 1 aromatic carbocycles. The molecule has 1 aliphatic heterocycles. The van der Waals surface area contributed by atoms with Crippen LogP contribution in [0.5, 0.6) is 0 Å². The molecule has 1 atom stereocenters. The summed E-state index contributed by atoms with van der Waals surface area (Å²) in [5.41, 5.74) is 9.98. The Labute approximate surface area is 261 Å². The normalized spacial score (nSPS) is 18.1. The van der Waals surface area contributed by atoms with Crippen LogP contribution in [0.2, 0.25) is 0 Å². The molecular formula is C34H51FN6O3. The van der Waals surface area contributed by atoms with Gasteiger partial charge >= 0.3 is 0 Å². The Kier molecular flexibility index (Phi) is 10.7. The van der Waals surface area contributed by atoms with Crippen LogP contribution in [0.4, 0.5) is 10.1 Å². The van der Waals surface area contributed by atoms with Crippen LogP contribution in [0.3, 0.4) is 0 Å². The summed E-state index contributed by atoms with van der Waals surface area (Å²) in [6.07, 6.45) is 7.00. The number of nitrogens with two attached hydrogens (primary N) is 1. The predicted molar refractivity (Wildman–Crippen MR) is 171 cm³/mol. The van der Waals surface area contributed by atoms with E-state index in [4.69, 9.17) is 10.8 Å². The summed E-state index contributed by atoms with van der Waals surface area (Å²) in [4.78, 5) is 43.4. The summed E-state index contributed by atoms with van der Waals surface area (Å²) in [5.74, 6) is -0.0251. The van der Waals surface area contributed by atoms with E-state index in [1.54, 1.807) is 6.07 Å². The van der Waals surface area contributed by atoms with Gasteiger partial charge in [-0.15, -0.1) is 0 Å². The third kappa shape index (κ3) is 6.94. The van der Waals surface area contributed by atoms with Crippen LogP contribution >= 0.6 is 0 Å². The number of rotatable bonds is 10. The van der Waals surface area contributed by atoms with Crippen molar-refractivity contribution in [3.8, 4) is 0 Å². The van der Waals surface area contributed by atoms with E-state index in [0.29, 0.717) is 24.2 Å². The summed E-state index contributed by atoms with van der Waals surface area (Å²) < 4.78 is 15.9.